The number of nitrogens with one attached hydrogen (secondary N) is 1. The van der Waals surface area contributed by atoms with Gasteiger partial charge in [-0.1, -0.05) is 37.3 Å². The van der Waals surface area contributed by atoms with Gasteiger partial charge in [0.25, 0.3) is 0 Å². The monoisotopic (exact) mass is 238 g/mol. The Morgan fingerprint density at radius 1 is 1.44 bits per heavy atom. The van der Waals surface area contributed by atoms with Gasteiger partial charge in [-0.15, -0.1) is 0 Å². The van der Waals surface area contributed by atoms with Gasteiger partial charge < -0.3 is 11.1 Å². The normalized spacial score (nSPS) is 12.3. The zero-order valence-electron chi connectivity index (χ0n) is 9.48. The number of carbonyl (C=O) groups excluding carboxylic acids is 1. The Labute approximate surface area is 101 Å². The molecule has 88 valence electrons. The van der Waals surface area contributed by atoms with Crippen molar-refractivity contribution in [1.29, 1.82) is 0 Å². The predicted molar refractivity (Wildman–Crippen MR) is 69.3 cm³/mol. The van der Waals surface area contributed by atoms with Crippen molar-refractivity contribution in [2.75, 3.05) is 12.3 Å². The highest BCUT2D eigenvalue weighted by molar-refractivity contribution is 7.98. The minimum absolute atomic E-state index is 0.223. The third-order valence-corrected chi connectivity index (χ3v) is 3.30. The molecule has 1 rings (SSSR count). The topological polar surface area (TPSA) is 55.1 Å². The summed E-state index contributed by atoms with van der Waals surface area (Å²) in [7, 11) is 0. The van der Waals surface area contributed by atoms with Crippen molar-refractivity contribution in [3.8, 4) is 0 Å². The van der Waals surface area contributed by atoms with Gasteiger partial charge in [-0.3, -0.25) is 4.79 Å². The fourth-order valence-corrected chi connectivity index (χ4v) is 2.42. The van der Waals surface area contributed by atoms with Crippen molar-refractivity contribution < 1.29 is 4.79 Å². The predicted octanol–water partition coefficient (Wildman–Crippen LogP) is 1.38. The number of carbonyl (C=O) groups is 1. The fourth-order valence-electron chi connectivity index (χ4n) is 1.36. The van der Waals surface area contributed by atoms with E-state index in [2.05, 4.69) is 17.4 Å². The molecule has 0 radical (unpaired) electrons. The van der Waals surface area contributed by atoms with Crippen LogP contribution >= 0.6 is 11.8 Å². The highest BCUT2D eigenvalue weighted by Gasteiger charge is 2.12. The largest absolute Gasteiger partial charge is 0.368 e. The van der Waals surface area contributed by atoms with E-state index in [1.807, 2.05) is 25.1 Å². The van der Waals surface area contributed by atoms with Gasteiger partial charge in [-0.2, -0.15) is 11.8 Å². The zero-order chi connectivity index (χ0) is 11.8. The summed E-state index contributed by atoms with van der Waals surface area (Å²) >= 11 is 1.72. The molecule has 0 aliphatic heterocycles. The number of rotatable bonds is 7. The van der Waals surface area contributed by atoms with E-state index in [4.69, 9.17) is 5.73 Å². The number of benzene rings is 1. The molecule has 1 unspecified atom stereocenters. The molecule has 0 spiro atoms. The summed E-state index contributed by atoms with van der Waals surface area (Å²) in [6.07, 6.45) is 0. The van der Waals surface area contributed by atoms with Crippen molar-refractivity contribution in [1.82, 2.24) is 5.32 Å². The van der Waals surface area contributed by atoms with E-state index in [0.29, 0.717) is 0 Å². The molecule has 1 aromatic carbocycles. The van der Waals surface area contributed by atoms with Gasteiger partial charge >= 0.3 is 0 Å². The number of hydrogen-bond donors (Lipinski definition) is 2. The summed E-state index contributed by atoms with van der Waals surface area (Å²) in [5.41, 5.74) is 6.56. The molecule has 0 saturated heterocycles. The lowest BCUT2D eigenvalue weighted by molar-refractivity contribution is -0.119. The van der Waals surface area contributed by atoms with Gasteiger partial charge in [0.1, 0.15) is 0 Å². The van der Waals surface area contributed by atoms with Crippen LogP contribution in [-0.4, -0.2) is 24.2 Å². The van der Waals surface area contributed by atoms with Crippen LogP contribution in [0.25, 0.3) is 0 Å². The van der Waals surface area contributed by atoms with Gasteiger partial charge in [0.2, 0.25) is 5.91 Å². The third-order valence-electron chi connectivity index (χ3n) is 2.19. The first-order valence-electron chi connectivity index (χ1n) is 5.38. The second kappa shape index (κ2) is 7.30. The van der Waals surface area contributed by atoms with Gasteiger partial charge in [-0.25, -0.2) is 0 Å². The van der Waals surface area contributed by atoms with Crippen LogP contribution in [0.5, 0.6) is 0 Å². The van der Waals surface area contributed by atoms with Gasteiger partial charge in [0, 0.05) is 11.5 Å². The number of amides is 1. The molecule has 0 bridgehead atoms. The van der Waals surface area contributed by atoms with Crippen molar-refractivity contribution in [2.24, 2.45) is 5.73 Å². The molecule has 0 aliphatic carbocycles. The standard InChI is InChI=1S/C12H18N2OS/c1-2-14-11(12(13)15)9-16-8-10-6-4-3-5-7-10/h3-7,11,14H,2,8-9H2,1H3,(H2,13,15). The summed E-state index contributed by atoms with van der Waals surface area (Å²) in [4.78, 5) is 11.1. The quantitative estimate of drug-likeness (QED) is 0.754. The lowest BCUT2D eigenvalue weighted by Gasteiger charge is -2.13. The van der Waals surface area contributed by atoms with Crippen molar-refractivity contribution in [3.05, 3.63) is 35.9 Å². The Bertz CT molecular complexity index is 316. The highest BCUT2D eigenvalue weighted by atomic mass is 32.2. The Balaban J connectivity index is 2.31. The van der Waals surface area contributed by atoms with Crippen molar-refractivity contribution in [3.63, 3.8) is 0 Å². The van der Waals surface area contributed by atoms with E-state index in [9.17, 15) is 4.79 Å². The average Bonchev–Trinajstić information content (AvgIpc) is 2.29. The van der Waals surface area contributed by atoms with Crippen LogP contribution in [-0.2, 0) is 10.5 Å². The van der Waals surface area contributed by atoms with Gasteiger partial charge in [0.15, 0.2) is 0 Å². The Hall–Kier alpha value is -1.00. The molecule has 4 heteroatoms. The molecule has 0 fully saturated rings. The Kier molecular flexibility index (Phi) is 5.96. The molecule has 0 heterocycles. The fraction of sp³-hybridized carbons (Fsp3) is 0.417. The average molecular weight is 238 g/mol. The number of likely N-dealkylation sites (N-methyl/N-ethyl adjacent to an activating group) is 1. The van der Waals surface area contributed by atoms with E-state index in [1.165, 1.54) is 5.56 Å². The summed E-state index contributed by atoms with van der Waals surface area (Å²) < 4.78 is 0. The molecule has 0 aromatic heterocycles. The molecule has 1 aromatic rings. The number of thioether (sulfide) groups is 1. The zero-order valence-corrected chi connectivity index (χ0v) is 10.3. The van der Waals surface area contributed by atoms with Crippen LogP contribution in [0.2, 0.25) is 0 Å². The lowest BCUT2D eigenvalue weighted by Crippen LogP contribution is -2.43. The minimum Gasteiger partial charge on any atom is -0.368 e. The first kappa shape index (κ1) is 13.1. The number of hydrogen-bond acceptors (Lipinski definition) is 3. The smallest absolute Gasteiger partial charge is 0.235 e. The van der Waals surface area contributed by atoms with Crippen LogP contribution in [0, 0.1) is 0 Å². The Morgan fingerprint density at radius 2 is 2.12 bits per heavy atom. The second-order valence-electron chi connectivity index (χ2n) is 3.51. The van der Waals surface area contributed by atoms with E-state index in [1.54, 1.807) is 11.8 Å². The molecule has 3 N–H and O–H groups in total. The maximum Gasteiger partial charge on any atom is 0.235 e. The van der Waals surface area contributed by atoms with E-state index in [-0.39, 0.29) is 11.9 Å². The summed E-state index contributed by atoms with van der Waals surface area (Å²) in [5, 5.41) is 3.07. The SMILES string of the molecule is CCNC(CSCc1ccccc1)C(N)=O. The van der Waals surface area contributed by atoms with E-state index < -0.39 is 0 Å². The molecule has 0 aliphatic rings. The molecular weight excluding hydrogens is 220 g/mol. The minimum atomic E-state index is -0.276. The van der Waals surface area contributed by atoms with Gasteiger partial charge in [0.05, 0.1) is 6.04 Å². The lowest BCUT2D eigenvalue weighted by atomic mass is 10.2. The molecule has 16 heavy (non-hydrogen) atoms. The van der Waals surface area contributed by atoms with Crippen LogP contribution < -0.4 is 11.1 Å². The molecule has 0 saturated carbocycles. The molecule has 1 amide bonds. The summed E-state index contributed by atoms with van der Waals surface area (Å²) in [6.45, 7) is 2.73. The first-order valence-corrected chi connectivity index (χ1v) is 6.54. The van der Waals surface area contributed by atoms with Crippen molar-refractivity contribution in [2.45, 2.75) is 18.7 Å². The molecular formula is C12H18N2OS. The van der Waals surface area contributed by atoms with E-state index >= 15 is 0 Å². The maximum absolute atomic E-state index is 11.1. The molecule has 1 atom stereocenters. The van der Waals surface area contributed by atoms with Gasteiger partial charge in [-0.05, 0) is 12.1 Å². The first-order chi connectivity index (χ1) is 7.74. The number of primary amides is 1. The maximum atomic E-state index is 11.1. The van der Waals surface area contributed by atoms with Crippen molar-refractivity contribution >= 4 is 17.7 Å². The third kappa shape index (κ3) is 4.68. The van der Waals surface area contributed by atoms with Crippen LogP contribution in [0.3, 0.4) is 0 Å². The number of nitrogens with two attached hydrogens (primary N) is 1. The van der Waals surface area contributed by atoms with E-state index in [0.717, 1.165) is 18.1 Å². The highest BCUT2D eigenvalue weighted by Crippen LogP contribution is 2.12. The Morgan fingerprint density at radius 3 is 2.69 bits per heavy atom. The summed E-state index contributed by atoms with van der Waals surface area (Å²) in [6, 6.07) is 9.98. The van der Waals surface area contributed by atoms with Crippen LogP contribution in [0.1, 0.15) is 12.5 Å². The summed E-state index contributed by atoms with van der Waals surface area (Å²) in [5.74, 6) is 1.36. The van der Waals surface area contributed by atoms with Crippen LogP contribution in [0.4, 0.5) is 0 Å². The second-order valence-corrected chi connectivity index (χ2v) is 4.54. The molecule has 3 nitrogen and oxygen atoms in total. The van der Waals surface area contributed by atoms with Crippen LogP contribution in [0.15, 0.2) is 30.3 Å².